The molecule has 0 saturated heterocycles. The van der Waals surface area contributed by atoms with Crippen LogP contribution >= 0.6 is 15.9 Å². The van der Waals surface area contributed by atoms with Gasteiger partial charge in [-0.3, -0.25) is 4.98 Å². The van der Waals surface area contributed by atoms with Crippen molar-refractivity contribution in [2.45, 2.75) is 38.8 Å². The predicted molar refractivity (Wildman–Crippen MR) is 94.2 cm³/mol. The van der Waals surface area contributed by atoms with E-state index in [1.165, 1.54) is 0 Å². The van der Waals surface area contributed by atoms with Gasteiger partial charge in [0.2, 0.25) is 0 Å². The SMILES string of the molecule is CC(C)(C)OC(=O)NC(Cc1ccccn1)c1ccc(Br)cc1. The zero-order valence-electron chi connectivity index (χ0n) is 13.5. The number of amides is 1. The van der Waals surface area contributed by atoms with Crippen LogP contribution in [0.25, 0.3) is 0 Å². The molecule has 1 amide bonds. The Morgan fingerprint density at radius 2 is 1.91 bits per heavy atom. The lowest BCUT2D eigenvalue weighted by Crippen LogP contribution is -2.35. The molecule has 0 spiro atoms. The second-order valence-corrected chi connectivity index (χ2v) is 7.19. The molecule has 122 valence electrons. The molecule has 0 aliphatic rings. The Kier molecular flexibility index (Phi) is 5.77. The molecule has 0 aliphatic carbocycles. The van der Waals surface area contributed by atoms with Crippen LogP contribution in [0, 0.1) is 0 Å². The molecular formula is C18H21BrN2O2. The molecule has 1 N–H and O–H groups in total. The van der Waals surface area contributed by atoms with Crippen LogP contribution in [0.2, 0.25) is 0 Å². The monoisotopic (exact) mass is 376 g/mol. The first-order valence-corrected chi connectivity index (χ1v) is 8.28. The lowest BCUT2D eigenvalue weighted by atomic mass is 10.0. The third kappa shape index (κ3) is 6.02. The molecule has 0 fully saturated rings. The van der Waals surface area contributed by atoms with Crippen LogP contribution in [-0.4, -0.2) is 16.7 Å². The number of alkyl carbamates (subject to hydrolysis) is 1. The molecule has 5 heteroatoms. The van der Waals surface area contributed by atoms with Crippen LogP contribution in [0.15, 0.2) is 53.1 Å². The average molecular weight is 377 g/mol. The van der Waals surface area contributed by atoms with Gasteiger partial charge in [-0.15, -0.1) is 0 Å². The van der Waals surface area contributed by atoms with Crippen molar-refractivity contribution in [2.24, 2.45) is 0 Å². The molecule has 2 aromatic rings. The first-order chi connectivity index (χ1) is 10.8. The third-order valence-electron chi connectivity index (χ3n) is 3.10. The fourth-order valence-electron chi connectivity index (χ4n) is 2.13. The smallest absolute Gasteiger partial charge is 0.408 e. The standard InChI is InChI=1S/C18H21BrN2O2/c1-18(2,3)23-17(22)21-16(12-15-6-4-5-11-20-15)13-7-9-14(19)10-8-13/h4-11,16H,12H2,1-3H3,(H,21,22). The normalized spacial score (nSPS) is 12.5. The van der Waals surface area contributed by atoms with E-state index in [2.05, 4.69) is 26.2 Å². The summed E-state index contributed by atoms with van der Waals surface area (Å²) in [6.45, 7) is 5.54. The second kappa shape index (κ2) is 7.59. The number of benzene rings is 1. The molecule has 1 unspecified atom stereocenters. The fourth-order valence-corrected chi connectivity index (χ4v) is 2.39. The lowest BCUT2D eigenvalue weighted by Gasteiger charge is -2.24. The molecule has 0 bridgehead atoms. The highest BCUT2D eigenvalue weighted by Gasteiger charge is 2.21. The van der Waals surface area contributed by atoms with Crippen LogP contribution in [0.5, 0.6) is 0 Å². The van der Waals surface area contributed by atoms with E-state index in [9.17, 15) is 4.79 Å². The topological polar surface area (TPSA) is 51.2 Å². The van der Waals surface area contributed by atoms with Crippen LogP contribution < -0.4 is 5.32 Å². The Hall–Kier alpha value is -1.88. The molecule has 1 atom stereocenters. The van der Waals surface area contributed by atoms with Crippen molar-refractivity contribution in [3.63, 3.8) is 0 Å². The molecule has 1 aromatic carbocycles. The number of nitrogens with zero attached hydrogens (tertiary/aromatic N) is 1. The molecular weight excluding hydrogens is 356 g/mol. The average Bonchev–Trinajstić information content (AvgIpc) is 2.46. The number of hydrogen-bond acceptors (Lipinski definition) is 3. The van der Waals surface area contributed by atoms with Crippen molar-refractivity contribution in [2.75, 3.05) is 0 Å². The summed E-state index contributed by atoms with van der Waals surface area (Å²) in [6, 6.07) is 13.4. The van der Waals surface area contributed by atoms with Gasteiger partial charge in [-0.2, -0.15) is 0 Å². The summed E-state index contributed by atoms with van der Waals surface area (Å²) in [5, 5.41) is 2.94. The molecule has 0 saturated carbocycles. The first-order valence-electron chi connectivity index (χ1n) is 7.48. The van der Waals surface area contributed by atoms with Gasteiger partial charge in [-0.05, 0) is 50.6 Å². The molecule has 23 heavy (non-hydrogen) atoms. The van der Waals surface area contributed by atoms with Gasteiger partial charge >= 0.3 is 6.09 Å². The van der Waals surface area contributed by atoms with Crippen molar-refractivity contribution in [3.05, 3.63) is 64.4 Å². The Balaban J connectivity index is 2.17. The number of aromatic nitrogens is 1. The summed E-state index contributed by atoms with van der Waals surface area (Å²) >= 11 is 3.43. The van der Waals surface area contributed by atoms with Crippen LogP contribution in [0.3, 0.4) is 0 Å². The van der Waals surface area contributed by atoms with Gasteiger partial charge in [-0.1, -0.05) is 34.1 Å². The number of rotatable bonds is 4. The van der Waals surface area contributed by atoms with Gasteiger partial charge in [-0.25, -0.2) is 4.79 Å². The van der Waals surface area contributed by atoms with Gasteiger partial charge in [0.15, 0.2) is 0 Å². The Morgan fingerprint density at radius 3 is 2.48 bits per heavy atom. The maximum absolute atomic E-state index is 12.1. The summed E-state index contributed by atoms with van der Waals surface area (Å²) in [4.78, 5) is 16.5. The van der Waals surface area contributed by atoms with Gasteiger partial charge in [0, 0.05) is 22.8 Å². The molecule has 1 aromatic heterocycles. The summed E-state index contributed by atoms with van der Waals surface area (Å²) < 4.78 is 6.37. The minimum absolute atomic E-state index is 0.201. The second-order valence-electron chi connectivity index (χ2n) is 6.28. The van der Waals surface area contributed by atoms with Gasteiger partial charge < -0.3 is 10.1 Å². The van der Waals surface area contributed by atoms with Crippen molar-refractivity contribution < 1.29 is 9.53 Å². The Labute approximate surface area is 145 Å². The maximum atomic E-state index is 12.1. The van der Waals surface area contributed by atoms with Gasteiger partial charge in [0.05, 0.1) is 6.04 Å². The molecule has 0 aliphatic heterocycles. The quantitative estimate of drug-likeness (QED) is 0.844. The predicted octanol–water partition coefficient (Wildman–Crippen LogP) is 4.65. The first kappa shape index (κ1) is 17.5. The van der Waals surface area contributed by atoms with Gasteiger partial charge in [0.25, 0.3) is 0 Å². The van der Waals surface area contributed by atoms with Crippen molar-refractivity contribution in [1.82, 2.24) is 10.3 Å². The highest BCUT2D eigenvalue weighted by molar-refractivity contribution is 9.10. The van der Waals surface area contributed by atoms with E-state index in [1.54, 1.807) is 6.20 Å². The van der Waals surface area contributed by atoms with E-state index in [4.69, 9.17) is 4.74 Å². The zero-order valence-corrected chi connectivity index (χ0v) is 15.1. The summed E-state index contributed by atoms with van der Waals surface area (Å²) in [5.74, 6) is 0. The van der Waals surface area contributed by atoms with Crippen molar-refractivity contribution >= 4 is 22.0 Å². The number of carbonyl (C=O) groups is 1. The minimum atomic E-state index is -0.528. The number of pyridine rings is 1. The number of carbonyl (C=O) groups excluding carboxylic acids is 1. The number of ether oxygens (including phenoxy) is 1. The summed E-state index contributed by atoms with van der Waals surface area (Å²) in [6.07, 6.45) is 1.92. The van der Waals surface area contributed by atoms with E-state index in [1.807, 2.05) is 63.2 Å². The van der Waals surface area contributed by atoms with Crippen LogP contribution in [0.4, 0.5) is 4.79 Å². The highest BCUT2D eigenvalue weighted by Crippen LogP contribution is 2.21. The molecule has 0 radical (unpaired) electrons. The largest absolute Gasteiger partial charge is 0.444 e. The molecule has 4 nitrogen and oxygen atoms in total. The highest BCUT2D eigenvalue weighted by atomic mass is 79.9. The fraction of sp³-hybridized carbons (Fsp3) is 0.333. The minimum Gasteiger partial charge on any atom is -0.444 e. The third-order valence-corrected chi connectivity index (χ3v) is 3.63. The van der Waals surface area contributed by atoms with Crippen LogP contribution in [-0.2, 0) is 11.2 Å². The maximum Gasteiger partial charge on any atom is 0.408 e. The van der Waals surface area contributed by atoms with E-state index in [0.717, 1.165) is 15.7 Å². The Morgan fingerprint density at radius 1 is 1.22 bits per heavy atom. The van der Waals surface area contributed by atoms with E-state index in [-0.39, 0.29) is 6.04 Å². The van der Waals surface area contributed by atoms with E-state index < -0.39 is 11.7 Å². The van der Waals surface area contributed by atoms with Gasteiger partial charge in [0.1, 0.15) is 5.60 Å². The summed E-state index contributed by atoms with van der Waals surface area (Å²) in [5.41, 5.74) is 1.39. The molecule has 1 heterocycles. The summed E-state index contributed by atoms with van der Waals surface area (Å²) in [7, 11) is 0. The van der Waals surface area contributed by atoms with Crippen molar-refractivity contribution in [3.8, 4) is 0 Å². The lowest BCUT2D eigenvalue weighted by molar-refractivity contribution is 0.0503. The van der Waals surface area contributed by atoms with E-state index >= 15 is 0 Å². The number of halogens is 1. The molecule has 2 rings (SSSR count). The Bertz CT molecular complexity index is 636. The number of hydrogen-bond donors (Lipinski definition) is 1. The van der Waals surface area contributed by atoms with E-state index in [0.29, 0.717) is 6.42 Å². The number of nitrogens with one attached hydrogen (secondary N) is 1. The zero-order chi connectivity index (χ0) is 16.9. The van der Waals surface area contributed by atoms with Crippen LogP contribution in [0.1, 0.15) is 38.1 Å². The van der Waals surface area contributed by atoms with Crippen molar-refractivity contribution in [1.29, 1.82) is 0 Å².